The SMILES string of the molecule is CC(C)c1c(-c2ccccc2)nc2ccc(N3CC4C3CN4C)nn12. The topological polar surface area (TPSA) is 36.7 Å². The van der Waals surface area contributed by atoms with Gasteiger partial charge < -0.3 is 4.90 Å². The number of anilines is 1. The first-order valence-corrected chi connectivity index (χ1v) is 9.05. The molecule has 2 atom stereocenters. The molecule has 25 heavy (non-hydrogen) atoms. The lowest BCUT2D eigenvalue weighted by Gasteiger charge is -2.61. The largest absolute Gasteiger partial charge is 0.348 e. The summed E-state index contributed by atoms with van der Waals surface area (Å²) >= 11 is 0. The van der Waals surface area contributed by atoms with Crippen molar-refractivity contribution in [2.45, 2.75) is 31.8 Å². The third-order valence-corrected chi connectivity index (χ3v) is 5.66. The minimum Gasteiger partial charge on any atom is -0.348 e. The van der Waals surface area contributed by atoms with Crippen molar-refractivity contribution in [2.24, 2.45) is 0 Å². The molecule has 2 aliphatic rings. The highest BCUT2D eigenvalue weighted by atomic mass is 15.5. The lowest BCUT2D eigenvalue weighted by Crippen LogP contribution is -2.78. The van der Waals surface area contributed by atoms with Gasteiger partial charge in [-0.15, -0.1) is 5.10 Å². The first kappa shape index (κ1) is 14.9. The molecule has 2 aromatic heterocycles. The van der Waals surface area contributed by atoms with Gasteiger partial charge in [-0.1, -0.05) is 44.2 Å². The van der Waals surface area contributed by atoms with Crippen LogP contribution in [0.5, 0.6) is 0 Å². The van der Waals surface area contributed by atoms with Gasteiger partial charge in [0, 0.05) is 24.7 Å². The van der Waals surface area contributed by atoms with Crippen molar-refractivity contribution in [3.8, 4) is 11.3 Å². The molecule has 0 spiro atoms. The Morgan fingerprint density at radius 3 is 2.44 bits per heavy atom. The zero-order chi connectivity index (χ0) is 17.1. The van der Waals surface area contributed by atoms with Gasteiger partial charge in [0.15, 0.2) is 5.65 Å². The maximum Gasteiger partial charge on any atom is 0.154 e. The number of rotatable bonds is 3. The van der Waals surface area contributed by atoms with E-state index in [9.17, 15) is 0 Å². The van der Waals surface area contributed by atoms with Crippen LogP contribution >= 0.6 is 0 Å². The Bertz CT molecular complexity index is 930. The van der Waals surface area contributed by atoms with Gasteiger partial charge in [0.2, 0.25) is 0 Å². The lowest BCUT2D eigenvalue weighted by atomic mass is 9.86. The van der Waals surface area contributed by atoms with Crippen LogP contribution in [-0.2, 0) is 0 Å². The summed E-state index contributed by atoms with van der Waals surface area (Å²) in [5, 5.41) is 4.97. The third-order valence-electron chi connectivity index (χ3n) is 5.66. The summed E-state index contributed by atoms with van der Waals surface area (Å²) in [7, 11) is 2.20. The summed E-state index contributed by atoms with van der Waals surface area (Å²) < 4.78 is 2.05. The standard InChI is InChI=1S/C20H23N5/c1-13(2)20-19(14-7-5-4-6-8-14)21-17-9-10-18(22-25(17)20)24-12-15-16(24)11-23(15)3/h4-10,13,15-16H,11-12H2,1-3H3. The van der Waals surface area contributed by atoms with Crippen molar-refractivity contribution < 1.29 is 0 Å². The fraction of sp³-hybridized carbons (Fsp3) is 0.400. The molecule has 5 rings (SSSR count). The van der Waals surface area contributed by atoms with Gasteiger partial charge in [-0.05, 0) is 25.1 Å². The van der Waals surface area contributed by atoms with Crippen LogP contribution in [0.1, 0.15) is 25.5 Å². The van der Waals surface area contributed by atoms with Crippen molar-refractivity contribution in [3.63, 3.8) is 0 Å². The summed E-state index contributed by atoms with van der Waals surface area (Å²) in [6.45, 7) is 6.65. The number of aromatic nitrogens is 3. The molecule has 0 amide bonds. The van der Waals surface area contributed by atoms with Crippen molar-refractivity contribution in [1.82, 2.24) is 19.5 Å². The predicted molar refractivity (Wildman–Crippen MR) is 100 cm³/mol. The molecule has 0 N–H and O–H groups in total. The molecule has 1 aromatic carbocycles. The summed E-state index contributed by atoms with van der Waals surface area (Å²) in [6.07, 6.45) is 0. The Kier molecular flexibility index (Phi) is 3.16. The molecule has 2 unspecified atom stereocenters. The van der Waals surface area contributed by atoms with E-state index in [-0.39, 0.29) is 0 Å². The summed E-state index contributed by atoms with van der Waals surface area (Å²) in [5.74, 6) is 1.42. The number of hydrogen-bond donors (Lipinski definition) is 0. The van der Waals surface area contributed by atoms with Crippen LogP contribution in [0, 0.1) is 0 Å². The number of likely N-dealkylation sites (N-methyl/N-ethyl adjacent to an activating group) is 1. The summed E-state index contributed by atoms with van der Waals surface area (Å²) in [6, 6.07) is 16.0. The number of imidazole rings is 1. The van der Waals surface area contributed by atoms with Gasteiger partial charge >= 0.3 is 0 Å². The van der Waals surface area contributed by atoms with Gasteiger partial charge in [0.25, 0.3) is 0 Å². The minimum atomic E-state index is 0.354. The monoisotopic (exact) mass is 333 g/mol. The maximum absolute atomic E-state index is 4.97. The quantitative estimate of drug-likeness (QED) is 0.738. The Morgan fingerprint density at radius 1 is 1.00 bits per heavy atom. The number of likely N-dealkylation sites (tertiary alicyclic amines) is 1. The first-order valence-electron chi connectivity index (χ1n) is 9.05. The molecule has 128 valence electrons. The second-order valence-corrected chi connectivity index (χ2v) is 7.55. The van der Waals surface area contributed by atoms with Crippen LogP contribution in [0.15, 0.2) is 42.5 Å². The number of piperazine rings is 1. The van der Waals surface area contributed by atoms with Gasteiger partial charge in [0.1, 0.15) is 5.82 Å². The molecule has 0 radical (unpaired) electrons. The average Bonchev–Trinajstić information content (AvgIpc) is 2.99. The summed E-state index contributed by atoms with van der Waals surface area (Å²) in [4.78, 5) is 9.73. The first-order chi connectivity index (χ1) is 12.1. The van der Waals surface area contributed by atoms with Crippen LogP contribution < -0.4 is 4.90 Å². The summed E-state index contributed by atoms with van der Waals surface area (Å²) in [5.41, 5.74) is 4.31. The molecule has 0 saturated carbocycles. The minimum absolute atomic E-state index is 0.354. The second kappa shape index (κ2) is 5.30. The molecule has 2 fully saturated rings. The van der Waals surface area contributed by atoms with Crippen molar-refractivity contribution in [1.29, 1.82) is 0 Å². The number of benzene rings is 1. The smallest absolute Gasteiger partial charge is 0.154 e. The number of nitrogens with zero attached hydrogens (tertiary/aromatic N) is 5. The Morgan fingerprint density at radius 2 is 1.80 bits per heavy atom. The fourth-order valence-electron chi connectivity index (χ4n) is 4.16. The molecule has 5 nitrogen and oxygen atoms in total. The van der Waals surface area contributed by atoms with Gasteiger partial charge in [-0.3, -0.25) is 4.90 Å². The van der Waals surface area contributed by atoms with E-state index in [0.29, 0.717) is 18.0 Å². The Labute approximate surface area is 147 Å². The van der Waals surface area contributed by atoms with Crippen molar-refractivity contribution in [2.75, 3.05) is 25.0 Å². The van der Waals surface area contributed by atoms with E-state index in [2.05, 4.69) is 71.6 Å². The zero-order valence-electron chi connectivity index (χ0n) is 14.9. The van der Waals surface area contributed by atoms with Gasteiger partial charge in [-0.25, -0.2) is 9.50 Å². The van der Waals surface area contributed by atoms with Crippen LogP contribution in [0.25, 0.3) is 16.9 Å². The third kappa shape index (κ3) is 2.12. The lowest BCUT2D eigenvalue weighted by molar-refractivity contribution is 0.0360. The maximum atomic E-state index is 4.97. The van der Waals surface area contributed by atoms with E-state index >= 15 is 0 Å². The average molecular weight is 333 g/mol. The zero-order valence-corrected chi connectivity index (χ0v) is 14.9. The fourth-order valence-corrected chi connectivity index (χ4v) is 4.16. The number of hydrogen-bond acceptors (Lipinski definition) is 4. The van der Waals surface area contributed by atoms with Gasteiger partial charge in [0.05, 0.1) is 17.4 Å². The molecular weight excluding hydrogens is 310 g/mol. The van der Waals surface area contributed by atoms with E-state index in [1.165, 1.54) is 5.69 Å². The number of fused-ring (bicyclic) bond motifs is 2. The molecular formula is C20H23N5. The molecule has 4 heterocycles. The Balaban J connectivity index is 1.60. The van der Waals surface area contributed by atoms with E-state index in [4.69, 9.17) is 10.1 Å². The highest BCUT2D eigenvalue weighted by molar-refractivity contribution is 5.67. The molecule has 0 bridgehead atoms. The van der Waals surface area contributed by atoms with Crippen molar-refractivity contribution in [3.05, 3.63) is 48.2 Å². The van der Waals surface area contributed by atoms with E-state index in [1.54, 1.807) is 0 Å². The molecule has 2 aliphatic heterocycles. The highest BCUT2D eigenvalue weighted by Gasteiger charge is 2.50. The molecule has 2 saturated heterocycles. The van der Waals surface area contributed by atoms with E-state index in [0.717, 1.165) is 35.8 Å². The molecule has 0 aliphatic carbocycles. The Hall–Kier alpha value is -2.40. The van der Waals surface area contributed by atoms with Crippen molar-refractivity contribution >= 4 is 11.5 Å². The second-order valence-electron chi connectivity index (χ2n) is 7.55. The van der Waals surface area contributed by atoms with Crippen LogP contribution in [-0.4, -0.2) is 51.7 Å². The highest BCUT2D eigenvalue weighted by Crippen LogP contribution is 2.36. The predicted octanol–water partition coefficient (Wildman–Crippen LogP) is 3.02. The normalized spacial score (nSPS) is 22.8. The van der Waals surface area contributed by atoms with Crippen LogP contribution in [0.3, 0.4) is 0 Å². The molecule has 5 heteroatoms. The van der Waals surface area contributed by atoms with E-state index < -0.39 is 0 Å². The molecule has 3 aromatic rings. The van der Waals surface area contributed by atoms with Crippen LogP contribution in [0.4, 0.5) is 5.82 Å². The van der Waals surface area contributed by atoms with Crippen LogP contribution in [0.2, 0.25) is 0 Å². The van der Waals surface area contributed by atoms with Gasteiger partial charge in [-0.2, -0.15) is 0 Å². The van der Waals surface area contributed by atoms with E-state index in [1.807, 2.05) is 6.07 Å².